The molecule has 0 atom stereocenters. The fourth-order valence-electron chi connectivity index (χ4n) is 2.89. The van der Waals surface area contributed by atoms with Crippen molar-refractivity contribution in [2.75, 3.05) is 21.3 Å². The van der Waals surface area contributed by atoms with Crippen LogP contribution in [0, 0.1) is 0 Å². The molecule has 0 aliphatic rings. The first-order valence-corrected chi connectivity index (χ1v) is 11.0. The Labute approximate surface area is 201 Å². The first-order valence-electron chi connectivity index (χ1n) is 9.44. The van der Waals surface area contributed by atoms with Crippen LogP contribution >= 0.6 is 27.3 Å². The fraction of sp³-hybridized carbons (Fsp3) is 0.182. The second-order valence-electron chi connectivity index (χ2n) is 6.52. The highest BCUT2D eigenvalue weighted by Crippen LogP contribution is 2.31. The number of ether oxygens (including phenoxy) is 3. The van der Waals surface area contributed by atoms with Crippen molar-refractivity contribution in [3.8, 4) is 28.6 Å². The lowest BCUT2D eigenvalue weighted by molar-refractivity contribution is -0.134. The molecule has 0 saturated carbocycles. The van der Waals surface area contributed by atoms with E-state index in [0.29, 0.717) is 32.6 Å². The SMILES string of the molecule is CC(=O)O.COc1ccc(Br)cc1C=c1sc2nc(-c3ccc(OC)c(OC)c3)nn2c1=O. The zero-order chi connectivity index (χ0) is 24.1. The molecule has 2 aromatic heterocycles. The predicted octanol–water partition coefficient (Wildman–Crippen LogP) is 3.24. The van der Waals surface area contributed by atoms with Gasteiger partial charge in [0.05, 0.1) is 25.9 Å². The molecule has 4 rings (SSSR count). The summed E-state index contributed by atoms with van der Waals surface area (Å²) in [5, 5.41) is 11.8. The van der Waals surface area contributed by atoms with Gasteiger partial charge >= 0.3 is 0 Å². The maximum absolute atomic E-state index is 12.8. The van der Waals surface area contributed by atoms with Gasteiger partial charge in [-0.25, -0.2) is 0 Å². The van der Waals surface area contributed by atoms with Crippen LogP contribution in [-0.4, -0.2) is 47.0 Å². The van der Waals surface area contributed by atoms with Crippen LogP contribution in [0.15, 0.2) is 45.7 Å². The smallest absolute Gasteiger partial charge is 0.300 e. The lowest BCUT2D eigenvalue weighted by Crippen LogP contribution is -2.23. The van der Waals surface area contributed by atoms with E-state index >= 15 is 0 Å². The van der Waals surface area contributed by atoms with E-state index in [1.54, 1.807) is 39.5 Å². The van der Waals surface area contributed by atoms with E-state index < -0.39 is 5.97 Å². The quantitative estimate of drug-likeness (QED) is 0.416. The van der Waals surface area contributed by atoms with Gasteiger partial charge < -0.3 is 19.3 Å². The molecule has 11 heteroatoms. The van der Waals surface area contributed by atoms with Crippen LogP contribution in [0.2, 0.25) is 0 Å². The molecule has 2 aromatic carbocycles. The number of thiazole rings is 1. The number of carboxylic acid groups (broad SMARTS) is 1. The van der Waals surface area contributed by atoms with Crippen LogP contribution in [0.3, 0.4) is 0 Å². The summed E-state index contributed by atoms with van der Waals surface area (Å²) in [6.45, 7) is 1.08. The number of fused-ring (bicyclic) bond motifs is 1. The highest BCUT2D eigenvalue weighted by atomic mass is 79.9. The Morgan fingerprint density at radius 2 is 1.70 bits per heavy atom. The number of benzene rings is 2. The molecule has 0 unspecified atom stereocenters. The van der Waals surface area contributed by atoms with Crippen molar-refractivity contribution in [3.05, 3.63) is 61.3 Å². The van der Waals surface area contributed by atoms with E-state index in [-0.39, 0.29) is 5.56 Å². The molecule has 172 valence electrons. The number of aromatic nitrogens is 3. The molecule has 4 aromatic rings. The van der Waals surface area contributed by atoms with E-state index in [9.17, 15) is 4.79 Å². The van der Waals surface area contributed by atoms with Gasteiger partial charge in [-0.15, -0.1) is 5.10 Å². The Morgan fingerprint density at radius 3 is 2.30 bits per heavy atom. The molecule has 0 amide bonds. The zero-order valence-electron chi connectivity index (χ0n) is 18.2. The van der Waals surface area contributed by atoms with Crippen LogP contribution < -0.4 is 24.3 Å². The Bertz CT molecular complexity index is 1410. The normalized spacial score (nSPS) is 11.1. The molecule has 0 bridgehead atoms. The lowest BCUT2D eigenvalue weighted by Gasteiger charge is -2.07. The number of carboxylic acids is 1. The first kappa shape index (κ1) is 24.2. The molecular weight excluding hydrogens is 514 g/mol. The second-order valence-corrected chi connectivity index (χ2v) is 8.45. The van der Waals surface area contributed by atoms with Crippen LogP contribution in [0.1, 0.15) is 12.5 Å². The molecule has 1 N–H and O–H groups in total. The number of methoxy groups -OCH3 is 3. The minimum atomic E-state index is -0.833. The summed E-state index contributed by atoms with van der Waals surface area (Å²) in [6, 6.07) is 11.0. The van der Waals surface area contributed by atoms with Crippen molar-refractivity contribution < 1.29 is 24.1 Å². The minimum Gasteiger partial charge on any atom is -0.496 e. The van der Waals surface area contributed by atoms with E-state index in [0.717, 1.165) is 22.5 Å². The Morgan fingerprint density at radius 1 is 1.06 bits per heavy atom. The maximum Gasteiger partial charge on any atom is 0.300 e. The van der Waals surface area contributed by atoms with Gasteiger partial charge in [-0.2, -0.15) is 9.50 Å². The Kier molecular flexibility index (Phi) is 7.67. The average Bonchev–Trinajstić information content (AvgIpc) is 3.32. The van der Waals surface area contributed by atoms with Gasteiger partial charge in [0.2, 0.25) is 4.96 Å². The topological polar surface area (TPSA) is 112 Å². The van der Waals surface area contributed by atoms with Crippen LogP contribution in [-0.2, 0) is 4.79 Å². The van der Waals surface area contributed by atoms with Crippen LogP contribution in [0.5, 0.6) is 17.2 Å². The van der Waals surface area contributed by atoms with Crippen molar-refractivity contribution >= 4 is 44.3 Å². The van der Waals surface area contributed by atoms with E-state index in [2.05, 4.69) is 26.0 Å². The van der Waals surface area contributed by atoms with Crippen molar-refractivity contribution in [1.82, 2.24) is 14.6 Å². The number of nitrogens with zero attached hydrogens (tertiary/aromatic N) is 3. The fourth-order valence-corrected chi connectivity index (χ4v) is 4.17. The van der Waals surface area contributed by atoms with E-state index in [1.807, 2.05) is 24.3 Å². The van der Waals surface area contributed by atoms with Crippen molar-refractivity contribution in [2.24, 2.45) is 0 Å². The van der Waals surface area contributed by atoms with Gasteiger partial charge in [-0.3, -0.25) is 9.59 Å². The summed E-state index contributed by atoms with van der Waals surface area (Å²) in [7, 11) is 4.73. The van der Waals surface area contributed by atoms with Crippen LogP contribution in [0.4, 0.5) is 0 Å². The maximum atomic E-state index is 12.8. The van der Waals surface area contributed by atoms with Crippen LogP contribution in [0.25, 0.3) is 22.4 Å². The predicted molar refractivity (Wildman–Crippen MR) is 128 cm³/mol. The molecule has 0 fully saturated rings. The van der Waals surface area contributed by atoms with Crippen molar-refractivity contribution in [2.45, 2.75) is 6.92 Å². The minimum absolute atomic E-state index is 0.230. The molecule has 0 saturated heterocycles. The standard InChI is InChI=1S/C20H16BrN3O4S.C2H4O2/c1-26-14-7-5-13(21)8-12(14)10-17-19(25)24-20(29-17)22-18(23-24)11-4-6-15(27-2)16(9-11)28-3;1-2(3)4/h4-10H,1-3H3;1H3,(H,3,4). The average molecular weight is 534 g/mol. The number of halogens is 1. The summed E-state index contributed by atoms with van der Waals surface area (Å²) >= 11 is 4.71. The zero-order valence-corrected chi connectivity index (χ0v) is 20.6. The second kappa shape index (κ2) is 10.5. The molecule has 0 aliphatic carbocycles. The lowest BCUT2D eigenvalue weighted by atomic mass is 10.2. The largest absolute Gasteiger partial charge is 0.496 e. The molecule has 33 heavy (non-hydrogen) atoms. The van der Waals surface area contributed by atoms with Crippen molar-refractivity contribution in [3.63, 3.8) is 0 Å². The summed E-state index contributed by atoms with van der Waals surface area (Å²) < 4.78 is 18.7. The number of hydrogen-bond donors (Lipinski definition) is 1. The van der Waals surface area contributed by atoms with Gasteiger partial charge in [0.25, 0.3) is 11.5 Å². The summed E-state index contributed by atoms with van der Waals surface area (Å²) in [4.78, 5) is 26.9. The highest BCUT2D eigenvalue weighted by Gasteiger charge is 2.14. The van der Waals surface area contributed by atoms with E-state index in [1.165, 1.54) is 15.9 Å². The monoisotopic (exact) mass is 533 g/mol. The van der Waals surface area contributed by atoms with Gasteiger partial charge in [-0.05, 0) is 42.5 Å². The van der Waals surface area contributed by atoms with Gasteiger partial charge in [0, 0.05) is 22.5 Å². The number of hydrogen-bond acceptors (Lipinski definition) is 8. The summed E-state index contributed by atoms with van der Waals surface area (Å²) in [5.41, 5.74) is 1.30. The first-order chi connectivity index (χ1) is 15.8. The molecule has 0 spiro atoms. The number of aliphatic carboxylic acids is 1. The summed E-state index contributed by atoms with van der Waals surface area (Å²) in [5.74, 6) is 1.47. The third-order valence-electron chi connectivity index (χ3n) is 4.30. The number of carbonyl (C=O) groups is 1. The third-order valence-corrected chi connectivity index (χ3v) is 5.75. The van der Waals surface area contributed by atoms with Gasteiger partial charge in [0.1, 0.15) is 5.75 Å². The molecule has 0 aliphatic heterocycles. The molecular formula is C22H20BrN3O6S. The van der Waals surface area contributed by atoms with E-state index in [4.69, 9.17) is 24.1 Å². The molecule has 0 radical (unpaired) electrons. The molecule has 2 heterocycles. The van der Waals surface area contributed by atoms with Crippen molar-refractivity contribution in [1.29, 1.82) is 0 Å². The summed E-state index contributed by atoms with van der Waals surface area (Å²) in [6.07, 6.45) is 1.78. The Balaban J connectivity index is 0.000000709. The third kappa shape index (κ3) is 5.49. The highest BCUT2D eigenvalue weighted by molar-refractivity contribution is 9.10. The Hall–Kier alpha value is -3.44. The van der Waals surface area contributed by atoms with Gasteiger partial charge in [0.15, 0.2) is 17.3 Å². The molecule has 9 nitrogen and oxygen atoms in total. The number of rotatable bonds is 5. The van der Waals surface area contributed by atoms with Gasteiger partial charge in [-0.1, -0.05) is 27.3 Å².